The number of nitrogens with one attached hydrogen (secondary N) is 1. The third-order valence-corrected chi connectivity index (χ3v) is 3.48. The number of rotatable bonds is 4. The van der Waals surface area contributed by atoms with Gasteiger partial charge in [-0.25, -0.2) is 0 Å². The van der Waals surface area contributed by atoms with E-state index in [-0.39, 0.29) is 5.91 Å². The molecule has 0 saturated heterocycles. The number of carbonyl (C=O) groups is 1. The molecule has 0 aliphatic carbocycles. The summed E-state index contributed by atoms with van der Waals surface area (Å²) in [5.41, 5.74) is 0.484. The zero-order chi connectivity index (χ0) is 15.4. The molecule has 1 atom stereocenters. The highest BCUT2D eigenvalue weighted by atomic mass is 35.5. The Morgan fingerprint density at radius 2 is 1.67 bits per heavy atom. The largest absolute Gasteiger partial charge is 0.481 e. The van der Waals surface area contributed by atoms with E-state index in [1.54, 1.807) is 49.4 Å². The van der Waals surface area contributed by atoms with Gasteiger partial charge in [0.15, 0.2) is 6.10 Å². The number of benzene rings is 2. The van der Waals surface area contributed by atoms with Crippen LogP contribution in [-0.4, -0.2) is 12.0 Å². The van der Waals surface area contributed by atoms with Crippen LogP contribution < -0.4 is 10.1 Å². The maximum Gasteiger partial charge on any atom is 0.265 e. The molecule has 0 aliphatic rings. The molecule has 0 bridgehead atoms. The normalized spacial score (nSPS) is 11.8. The maximum atomic E-state index is 12.1. The Bertz CT molecular complexity index is 644. The van der Waals surface area contributed by atoms with Crippen molar-refractivity contribution in [3.05, 3.63) is 57.5 Å². The van der Waals surface area contributed by atoms with Crippen LogP contribution in [0.2, 0.25) is 15.1 Å². The molecule has 0 fully saturated rings. The Kier molecular flexibility index (Phi) is 5.34. The Morgan fingerprint density at radius 3 is 2.29 bits per heavy atom. The standard InChI is InChI=1S/C15H12Cl3NO2/c1-9(21-12-5-2-10(16)3-6-12)15(20)19-14-7-4-11(17)8-13(14)18/h2-9H,1H3,(H,19,20). The van der Waals surface area contributed by atoms with Crippen LogP contribution in [0.5, 0.6) is 5.75 Å². The molecule has 3 nitrogen and oxygen atoms in total. The predicted octanol–water partition coefficient (Wildman–Crippen LogP) is 5.05. The second-order valence-corrected chi connectivity index (χ2v) is 5.61. The Labute approximate surface area is 137 Å². The van der Waals surface area contributed by atoms with Crippen LogP contribution in [0.3, 0.4) is 0 Å². The molecule has 0 saturated carbocycles. The summed E-state index contributed by atoms with van der Waals surface area (Å²) < 4.78 is 5.53. The summed E-state index contributed by atoms with van der Waals surface area (Å²) in [6.07, 6.45) is -0.682. The van der Waals surface area contributed by atoms with Gasteiger partial charge in [0.2, 0.25) is 0 Å². The van der Waals surface area contributed by atoms with Crippen molar-refractivity contribution in [1.29, 1.82) is 0 Å². The van der Waals surface area contributed by atoms with Gasteiger partial charge in [-0.05, 0) is 49.4 Å². The monoisotopic (exact) mass is 343 g/mol. The van der Waals surface area contributed by atoms with E-state index in [1.807, 2.05) is 0 Å². The van der Waals surface area contributed by atoms with Crippen LogP contribution in [-0.2, 0) is 4.79 Å². The van der Waals surface area contributed by atoms with Crippen molar-refractivity contribution >= 4 is 46.4 Å². The van der Waals surface area contributed by atoms with Gasteiger partial charge >= 0.3 is 0 Å². The number of ether oxygens (including phenoxy) is 1. The van der Waals surface area contributed by atoms with Gasteiger partial charge in [0.05, 0.1) is 10.7 Å². The summed E-state index contributed by atoms with van der Waals surface area (Å²) in [5, 5.41) is 4.17. The van der Waals surface area contributed by atoms with Crippen LogP contribution in [0.4, 0.5) is 5.69 Å². The van der Waals surface area contributed by atoms with Crippen LogP contribution in [0, 0.1) is 0 Å². The van der Waals surface area contributed by atoms with Crippen molar-refractivity contribution in [2.75, 3.05) is 5.32 Å². The van der Waals surface area contributed by atoms with Crippen LogP contribution >= 0.6 is 34.8 Å². The van der Waals surface area contributed by atoms with Gasteiger partial charge in [0, 0.05) is 10.0 Å². The average Bonchev–Trinajstić information content (AvgIpc) is 2.44. The number of hydrogen-bond donors (Lipinski definition) is 1. The first-order valence-electron chi connectivity index (χ1n) is 6.14. The third-order valence-electron chi connectivity index (χ3n) is 2.68. The predicted molar refractivity (Wildman–Crippen MR) is 86.6 cm³/mol. The highest BCUT2D eigenvalue weighted by Gasteiger charge is 2.16. The minimum atomic E-state index is -0.682. The van der Waals surface area contributed by atoms with E-state index in [0.717, 1.165) is 0 Å². The molecule has 21 heavy (non-hydrogen) atoms. The first-order chi connectivity index (χ1) is 9.95. The summed E-state index contributed by atoms with van der Waals surface area (Å²) >= 11 is 17.6. The van der Waals surface area contributed by atoms with E-state index in [0.29, 0.717) is 26.5 Å². The topological polar surface area (TPSA) is 38.3 Å². The molecule has 6 heteroatoms. The van der Waals surface area contributed by atoms with E-state index >= 15 is 0 Å². The first kappa shape index (κ1) is 16.0. The zero-order valence-corrected chi connectivity index (χ0v) is 13.3. The summed E-state index contributed by atoms with van der Waals surface area (Å²) in [4.78, 5) is 12.1. The molecule has 0 heterocycles. The Morgan fingerprint density at radius 1 is 1.05 bits per heavy atom. The van der Waals surface area contributed by atoms with Gasteiger partial charge in [-0.1, -0.05) is 34.8 Å². The molecule has 0 aliphatic heterocycles. The number of hydrogen-bond acceptors (Lipinski definition) is 2. The molecule has 1 unspecified atom stereocenters. The van der Waals surface area contributed by atoms with Gasteiger partial charge in [-0.3, -0.25) is 4.79 Å². The smallest absolute Gasteiger partial charge is 0.265 e. The SMILES string of the molecule is CC(Oc1ccc(Cl)cc1)C(=O)Nc1ccc(Cl)cc1Cl. The Hall–Kier alpha value is -1.42. The lowest BCUT2D eigenvalue weighted by molar-refractivity contribution is -0.122. The molecule has 2 aromatic carbocycles. The van der Waals surface area contributed by atoms with Crippen LogP contribution in [0.1, 0.15) is 6.92 Å². The quantitative estimate of drug-likeness (QED) is 0.842. The average molecular weight is 345 g/mol. The fourth-order valence-electron chi connectivity index (χ4n) is 1.60. The lowest BCUT2D eigenvalue weighted by atomic mass is 10.3. The summed E-state index contributed by atoms with van der Waals surface area (Å²) in [6, 6.07) is 11.6. The molecule has 0 aromatic heterocycles. The zero-order valence-electron chi connectivity index (χ0n) is 11.1. The lowest BCUT2D eigenvalue weighted by Gasteiger charge is -2.15. The second kappa shape index (κ2) is 7.03. The second-order valence-electron chi connectivity index (χ2n) is 4.33. The summed E-state index contributed by atoms with van der Waals surface area (Å²) in [6.45, 7) is 1.65. The summed E-state index contributed by atoms with van der Waals surface area (Å²) in [5.74, 6) is 0.249. The van der Waals surface area contributed by atoms with E-state index < -0.39 is 6.10 Å². The van der Waals surface area contributed by atoms with Crippen molar-refractivity contribution in [2.45, 2.75) is 13.0 Å². The van der Waals surface area contributed by atoms with Crippen molar-refractivity contribution in [1.82, 2.24) is 0 Å². The van der Waals surface area contributed by atoms with Crippen LogP contribution in [0.25, 0.3) is 0 Å². The first-order valence-corrected chi connectivity index (χ1v) is 7.27. The number of halogens is 3. The number of amides is 1. The van der Waals surface area contributed by atoms with Gasteiger partial charge in [-0.2, -0.15) is 0 Å². The molecule has 2 rings (SSSR count). The van der Waals surface area contributed by atoms with Crippen LogP contribution in [0.15, 0.2) is 42.5 Å². The van der Waals surface area contributed by atoms with Crippen molar-refractivity contribution in [3.8, 4) is 5.75 Å². The van der Waals surface area contributed by atoms with Gasteiger partial charge in [0.1, 0.15) is 5.75 Å². The highest BCUT2D eigenvalue weighted by Crippen LogP contribution is 2.25. The minimum absolute atomic E-state index is 0.311. The minimum Gasteiger partial charge on any atom is -0.481 e. The number of carbonyl (C=O) groups excluding carboxylic acids is 1. The van der Waals surface area contributed by atoms with Gasteiger partial charge < -0.3 is 10.1 Å². The third kappa shape index (κ3) is 4.53. The molecule has 1 N–H and O–H groups in total. The van der Waals surface area contributed by atoms with E-state index in [9.17, 15) is 4.79 Å². The number of anilines is 1. The van der Waals surface area contributed by atoms with Gasteiger partial charge in [-0.15, -0.1) is 0 Å². The molecular formula is C15H12Cl3NO2. The van der Waals surface area contributed by atoms with E-state index in [4.69, 9.17) is 39.5 Å². The molecule has 1 amide bonds. The Balaban J connectivity index is 2.00. The fraction of sp³-hybridized carbons (Fsp3) is 0.133. The highest BCUT2D eigenvalue weighted by molar-refractivity contribution is 6.36. The van der Waals surface area contributed by atoms with Crippen molar-refractivity contribution < 1.29 is 9.53 Å². The fourth-order valence-corrected chi connectivity index (χ4v) is 2.18. The molecule has 0 spiro atoms. The molecule has 0 radical (unpaired) electrons. The van der Waals surface area contributed by atoms with E-state index in [2.05, 4.69) is 5.32 Å². The summed E-state index contributed by atoms with van der Waals surface area (Å²) in [7, 11) is 0. The molecule has 2 aromatic rings. The lowest BCUT2D eigenvalue weighted by Crippen LogP contribution is -2.30. The van der Waals surface area contributed by atoms with E-state index in [1.165, 1.54) is 0 Å². The van der Waals surface area contributed by atoms with Crippen molar-refractivity contribution in [2.24, 2.45) is 0 Å². The molecular weight excluding hydrogens is 333 g/mol. The maximum absolute atomic E-state index is 12.1. The van der Waals surface area contributed by atoms with Gasteiger partial charge in [0.25, 0.3) is 5.91 Å². The molecule has 110 valence electrons. The van der Waals surface area contributed by atoms with Crippen molar-refractivity contribution in [3.63, 3.8) is 0 Å².